The Bertz CT molecular complexity index is 818. The molecule has 25 heavy (non-hydrogen) atoms. The monoisotopic (exact) mass is 333 g/mol. The van der Waals surface area contributed by atoms with E-state index < -0.39 is 0 Å². The summed E-state index contributed by atoms with van der Waals surface area (Å²) >= 11 is 0. The van der Waals surface area contributed by atoms with Gasteiger partial charge in [0.1, 0.15) is 18.5 Å². The quantitative estimate of drug-likeness (QED) is 0.701. The summed E-state index contributed by atoms with van der Waals surface area (Å²) in [4.78, 5) is 2.45. The molecule has 1 atom stereocenters. The second kappa shape index (κ2) is 7.68. The van der Waals surface area contributed by atoms with Gasteiger partial charge in [0.25, 0.3) is 0 Å². The minimum Gasteiger partial charge on any atom is -0.491 e. The van der Waals surface area contributed by atoms with Gasteiger partial charge in [0.05, 0.1) is 6.61 Å². The van der Waals surface area contributed by atoms with Gasteiger partial charge in [0.2, 0.25) is 0 Å². The van der Waals surface area contributed by atoms with E-state index in [1.54, 1.807) is 0 Å². The lowest BCUT2D eigenvalue weighted by atomic mass is 10.1. The molecule has 0 spiro atoms. The summed E-state index contributed by atoms with van der Waals surface area (Å²) in [6.07, 6.45) is 0.120. The fourth-order valence-corrected chi connectivity index (χ4v) is 3.33. The smallest absolute Gasteiger partial charge is 0.119 e. The minimum atomic E-state index is 0.120. The molecule has 128 valence electrons. The van der Waals surface area contributed by atoms with E-state index >= 15 is 0 Å². The molecule has 0 aromatic heterocycles. The zero-order chi connectivity index (χ0) is 16.9. The molecule has 1 heterocycles. The van der Waals surface area contributed by atoms with E-state index in [2.05, 4.69) is 47.4 Å². The van der Waals surface area contributed by atoms with Gasteiger partial charge < -0.3 is 9.47 Å². The lowest BCUT2D eigenvalue weighted by Gasteiger charge is -2.32. The second-order valence-electron chi connectivity index (χ2n) is 6.53. The van der Waals surface area contributed by atoms with Crippen LogP contribution in [0.4, 0.5) is 0 Å². The molecule has 3 aromatic rings. The Hall–Kier alpha value is -2.36. The maximum absolute atomic E-state index is 5.87. The van der Waals surface area contributed by atoms with Crippen molar-refractivity contribution in [1.82, 2.24) is 4.90 Å². The van der Waals surface area contributed by atoms with Crippen molar-refractivity contribution in [3.8, 4) is 5.75 Å². The molecule has 0 N–H and O–H groups in total. The zero-order valence-electron chi connectivity index (χ0n) is 14.3. The molecule has 1 fully saturated rings. The van der Waals surface area contributed by atoms with E-state index in [1.807, 2.05) is 30.3 Å². The number of para-hydroxylation sites is 1. The van der Waals surface area contributed by atoms with Crippen LogP contribution in [0.25, 0.3) is 10.8 Å². The summed E-state index contributed by atoms with van der Waals surface area (Å²) in [5.74, 6) is 0.901. The summed E-state index contributed by atoms with van der Waals surface area (Å²) in [7, 11) is 0. The molecule has 0 unspecified atom stereocenters. The molecule has 0 bridgehead atoms. The Morgan fingerprint density at radius 2 is 1.72 bits per heavy atom. The van der Waals surface area contributed by atoms with Gasteiger partial charge in [-0.15, -0.1) is 0 Å². The number of hydrogen-bond acceptors (Lipinski definition) is 3. The van der Waals surface area contributed by atoms with Crippen molar-refractivity contribution < 1.29 is 9.47 Å². The predicted octanol–water partition coefficient (Wildman–Crippen LogP) is 4.12. The van der Waals surface area contributed by atoms with Crippen molar-refractivity contribution in [3.05, 3.63) is 78.4 Å². The van der Waals surface area contributed by atoms with Gasteiger partial charge in [-0.1, -0.05) is 54.6 Å². The first-order valence-electron chi connectivity index (χ1n) is 8.86. The molecule has 0 saturated carbocycles. The Morgan fingerprint density at radius 3 is 2.60 bits per heavy atom. The van der Waals surface area contributed by atoms with Crippen LogP contribution in [0.2, 0.25) is 0 Å². The Balaban J connectivity index is 1.35. The highest BCUT2D eigenvalue weighted by Crippen LogP contribution is 2.18. The Kier molecular flexibility index (Phi) is 4.96. The highest BCUT2D eigenvalue weighted by Gasteiger charge is 2.21. The van der Waals surface area contributed by atoms with E-state index in [-0.39, 0.29) is 6.10 Å². The van der Waals surface area contributed by atoms with Crippen molar-refractivity contribution in [1.29, 1.82) is 0 Å². The molecule has 1 aliphatic heterocycles. The van der Waals surface area contributed by atoms with Crippen LogP contribution in [0.5, 0.6) is 5.75 Å². The van der Waals surface area contributed by atoms with Crippen molar-refractivity contribution in [2.75, 3.05) is 26.3 Å². The summed E-state index contributed by atoms with van der Waals surface area (Å²) in [6.45, 7) is 4.18. The summed E-state index contributed by atoms with van der Waals surface area (Å²) in [6, 6.07) is 25.2. The van der Waals surface area contributed by atoms with Crippen molar-refractivity contribution in [3.63, 3.8) is 0 Å². The van der Waals surface area contributed by atoms with Crippen LogP contribution in [0.15, 0.2) is 72.8 Å². The normalized spacial score (nSPS) is 18.3. The number of morpholine rings is 1. The van der Waals surface area contributed by atoms with E-state index in [1.165, 1.54) is 16.3 Å². The van der Waals surface area contributed by atoms with Gasteiger partial charge in [0.15, 0.2) is 0 Å². The van der Waals surface area contributed by atoms with E-state index in [9.17, 15) is 0 Å². The van der Waals surface area contributed by atoms with Crippen molar-refractivity contribution >= 4 is 10.8 Å². The van der Waals surface area contributed by atoms with Gasteiger partial charge in [-0.2, -0.15) is 0 Å². The number of ether oxygens (including phenoxy) is 2. The van der Waals surface area contributed by atoms with E-state index in [0.29, 0.717) is 6.61 Å². The van der Waals surface area contributed by atoms with Gasteiger partial charge in [-0.25, -0.2) is 0 Å². The van der Waals surface area contributed by atoms with E-state index in [0.717, 1.165) is 32.0 Å². The molecule has 4 rings (SSSR count). The van der Waals surface area contributed by atoms with E-state index in [4.69, 9.17) is 9.47 Å². The summed E-state index contributed by atoms with van der Waals surface area (Å²) in [5, 5.41) is 2.60. The maximum atomic E-state index is 5.87. The first-order chi connectivity index (χ1) is 12.4. The third-order valence-electron chi connectivity index (χ3n) is 4.62. The average molecular weight is 333 g/mol. The predicted molar refractivity (Wildman–Crippen MR) is 101 cm³/mol. The number of fused-ring (bicyclic) bond motifs is 1. The fourth-order valence-electron chi connectivity index (χ4n) is 3.33. The van der Waals surface area contributed by atoms with Gasteiger partial charge in [-0.05, 0) is 34.5 Å². The summed E-state index contributed by atoms with van der Waals surface area (Å²) in [5.41, 5.74) is 1.35. The molecular formula is C22H23NO2. The van der Waals surface area contributed by atoms with Gasteiger partial charge in [0, 0.05) is 19.6 Å². The highest BCUT2D eigenvalue weighted by atomic mass is 16.5. The number of hydrogen-bond donors (Lipinski definition) is 0. The largest absolute Gasteiger partial charge is 0.491 e. The Morgan fingerprint density at radius 1 is 0.920 bits per heavy atom. The van der Waals surface area contributed by atoms with Crippen LogP contribution >= 0.6 is 0 Å². The maximum Gasteiger partial charge on any atom is 0.119 e. The van der Waals surface area contributed by atoms with Gasteiger partial charge in [-0.3, -0.25) is 4.90 Å². The Labute approximate surface area is 148 Å². The zero-order valence-corrected chi connectivity index (χ0v) is 14.3. The molecular weight excluding hydrogens is 310 g/mol. The molecule has 3 nitrogen and oxygen atoms in total. The highest BCUT2D eigenvalue weighted by molar-refractivity contribution is 5.82. The SMILES string of the molecule is c1ccc(OC[C@@H]2CN(Cc3ccc4ccccc4c3)CCO2)cc1. The van der Waals surface area contributed by atoms with Crippen LogP contribution in [-0.2, 0) is 11.3 Å². The van der Waals surface area contributed by atoms with Crippen molar-refractivity contribution in [2.45, 2.75) is 12.6 Å². The lowest BCUT2D eigenvalue weighted by Crippen LogP contribution is -2.44. The topological polar surface area (TPSA) is 21.7 Å². The molecule has 3 heteroatoms. The average Bonchev–Trinajstić information content (AvgIpc) is 2.67. The minimum absolute atomic E-state index is 0.120. The fraction of sp³-hybridized carbons (Fsp3) is 0.273. The second-order valence-corrected chi connectivity index (χ2v) is 6.53. The first-order valence-corrected chi connectivity index (χ1v) is 8.86. The number of benzene rings is 3. The molecule has 1 saturated heterocycles. The molecule has 3 aromatic carbocycles. The molecule has 0 radical (unpaired) electrons. The number of rotatable bonds is 5. The first kappa shape index (κ1) is 16.1. The van der Waals surface area contributed by atoms with Crippen LogP contribution in [0.3, 0.4) is 0 Å². The van der Waals surface area contributed by atoms with Crippen LogP contribution in [0, 0.1) is 0 Å². The van der Waals surface area contributed by atoms with Crippen LogP contribution in [0.1, 0.15) is 5.56 Å². The summed E-state index contributed by atoms with van der Waals surface area (Å²) < 4.78 is 11.7. The lowest BCUT2D eigenvalue weighted by molar-refractivity contribution is -0.0504. The standard InChI is InChI=1S/C22H23NO2/c1-2-8-21(9-3-1)25-17-22-16-23(12-13-24-22)15-18-10-11-19-6-4-5-7-20(19)14-18/h1-11,14,22H,12-13,15-17H2/t22-/m0/s1. The molecule has 0 amide bonds. The van der Waals surface area contributed by atoms with Gasteiger partial charge >= 0.3 is 0 Å². The third-order valence-corrected chi connectivity index (χ3v) is 4.62. The van der Waals surface area contributed by atoms with Crippen LogP contribution < -0.4 is 4.74 Å². The molecule has 1 aliphatic rings. The van der Waals surface area contributed by atoms with Crippen molar-refractivity contribution in [2.24, 2.45) is 0 Å². The number of nitrogens with zero attached hydrogens (tertiary/aromatic N) is 1. The van der Waals surface area contributed by atoms with Crippen LogP contribution in [-0.4, -0.2) is 37.3 Å². The third kappa shape index (κ3) is 4.19. The molecule has 0 aliphatic carbocycles.